The lowest BCUT2D eigenvalue weighted by molar-refractivity contribution is 0.304. The van der Waals surface area contributed by atoms with Gasteiger partial charge >= 0.3 is 0 Å². The van der Waals surface area contributed by atoms with Crippen LogP contribution in [0, 0.1) is 0 Å². The summed E-state index contributed by atoms with van der Waals surface area (Å²) < 4.78 is 34.9. The number of para-hydroxylation sites is 1. The van der Waals surface area contributed by atoms with Crippen molar-refractivity contribution in [2.75, 3.05) is 6.61 Å². The van der Waals surface area contributed by atoms with E-state index in [4.69, 9.17) is 14.3 Å². The van der Waals surface area contributed by atoms with Gasteiger partial charge < -0.3 is 14.3 Å². The number of ether oxygens (including phenoxy) is 1. The van der Waals surface area contributed by atoms with Crippen LogP contribution in [0.2, 0.25) is 0 Å². The molecular weight excluding hydrogens is 430 g/mol. The van der Waals surface area contributed by atoms with Crippen LogP contribution in [0.15, 0.2) is 74.8 Å². The average Bonchev–Trinajstić information content (AvgIpc) is 2.75. The van der Waals surface area contributed by atoms with E-state index < -0.39 is 10.0 Å². The van der Waals surface area contributed by atoms with E-state index in [1.807, 2.05) is 0 Å². The summed E-state index contributed by atoms with van der Waals surface area (Å²) in [4.78, 5) is 12.8. The first kappa shape index (κ1) is 21.9. The molecule has 0 atom stereocenters. The van der Waals surface area contributed by atoms with Gasteiger partial charge in [-0.3, -0.25) is 4.79 Å². The van der Waals surface area contributed by atoms with Crippen LogP contribution in [0.1, 0.15) is 24.8 Å². The summed E-state index contributed by atoms with van der Waals surface area (Å²) in [7, 11) is -3.74. The first-order chi connectivity index (χ1) is 15.3. The highest BCUT2D eigenvalue weighted by molar-refractivity contribution is 7.89. The summed E-state index contributed by atoms with van der Waals surface area (Å²) in [6, 6.07) is 16.6. The van der Waals surface area contributed by atoms with Gasteiger partial charge in [-0.15, -0.1) is 0 Å². The summed E-state index contributed by atoms with van der Waals surface area (Å²) in [5.74, 6) is 0.226. The number of sulfonamides is 1. The molecule has 0 spiro atoms. The molecule has 0 saturated heterocycles. The highest BCUT2D eigenvalue weighted by atomic mass is 32.2. The van der Waals surface area contributed by atoms with E-state index in [1.54, 1.807) is 48.5 Å². The topological polar surface area (TPSA) is 120 Å². The molecule has 0 aliphatic rings. The molecule has 0 aliphatic heterocycles. The maximum Gasteiger partial charge on any atom is 0.238 e. The Hall–Kier alpha value is -3.36. The largest absolute Gasteiger partial charge is 0.507 e. The minimum absolute atomic E-state index is 0.129. The lowest BCUT2D eigenvalue weighted by Gasteiger charge is -2.10. The van der Waals surface area contributed by atoms with Gasteiger partial charge in [-0.05, 0) is 49.4 Å². The molecule has 1 aromatic heterocycles. The molecule has 4 rings (SSSR count). The van der Waals surface area contributed by atoms with Crippen LogP contribution in [-0.4, -0.2) is 20.1 Å². The van der Waals surface area contributed by atoms with E-state index in [0.717, 1.165) is 19.3 Å². The molecule has 7 nitrogen and oxygen atoms in total. The van der Waals surface area contributed by atoms with Crippen LogP contribution >= 0.6 is 0 Å². The molecule has 0 bridgehead atoms. The fraction of sp³-hybridized carbons (Fsp3) is 0.208. The van der Waals surface area contributed by atoms with Crippen molar-refractivity contribution < 1.29 is 22.7 Å². The number of hydrogen-bond acceptors (Lipinski definition) is 6. The maximum absolute atomic E-state index is 12.6. The van der Waals surface area contributed by atoms with Gasteiger partial charge in [0, 0.05) is 12.1 Å². The number of nitrogens with two attached hydrogens (primary N) is 1. The Labute approximate surface area is 185 Å². The van der Waals surface area contributed by atoms with Crippen LogP contribution in [0.5, 0.6) is 11.5 Å². The van der Waals surface area contributed by atoms with E-state index in [1.165, 1.54) is 12.1 Å². The molecule has 8 heteroatoms. The zero-order valence-corrected chi connectivity index (χ0v) is 18.1. The van der Waals surface area contributed by atoms with E-state index in [9.17, 15) is 18.3 Å². The van der Waals surface area contributed by atoms with Gasteiger partial charge in [-0.1, -0.05) is 30.3 Å². The molecule has 3 N–H and O–H groups in total. The molecule has 166 valence electrons. The number of phenols is 1. The summed E-state index contributed by atoms with van der Waals surface area (Å²) in [5.41, 5.74) is 1.13. The summed E-state index contributed by atoms with van der Waals surface area (Å²) in [6.07, 6.45) is 2.93. The van der Waals surface area contributed by atoms with E-state index >= 15 is 0 Å². The second-order valence-corrected chi connectivity index (χ2v) is 9.08. The number of fused-ring (bicyclic) bond motifs is 2. The van der Waals surface area contributed by atoms with Gasteiger partial charge in [0.05, 0.1) is 16.9 Å². The molecule has 4 aromatic rings. The van der Waals surface area contributed by atoms with Gasteiger partial charge in [0.25, 0.3) is 0 Å². The Balaban J connectivity index is 1.37. The molecule has 32 heavy (non-hydrogen) atoms. The number of rotatable bonds is 8. The minimum Gasteiger partial charge on any atom is -0.507 e. The van der Waals surface area contributed by atoms with Crippen LogP contribution in [0.3, 0.4) is 0 Å². The molecule has 3 aromatic carbocycles. The van der Waals surface area contributed by atoms with Gasteiger partial charge in [-0.25, -0.2) is 13.6 Å². The third kappa shape index (κ3) is 4.61. The van der Waals surface area contributed by atoms with Crippen LogP contribution in [-0.2, 0) is 16.4 Å². The molecule has 0 saturated carbocycles. The molecule has 0 radical (unpaired) electrons. The van der Waals surface area contributed by atoms with Gasteiger partial charge in [0.2, 0.25) is 15.5 Å². The SMILES string of the molecule is NS(=O)(=O)c1ccccc1CCCCCOc1cc(O)c2c(=O)c3ccccc3oc2c1. The van der Waals surface area contributed by atoms with E-state index in [2.05, 4.69) is 0 Å². The second-order valence-electron chi connectivity index (χ2n) is 7.55. The monoisotopic (exact) mass is 453 g/mol. The Kier molecular flexibility index (Phi) is 6.16. The summed E-state index contributed by atoms with van der Waals surface area (Å²) in [5, 5.41) is 16.2. The smallest absolute Gasteiger partial charge is 0.238 e. The molecule has 0 fully saturated rings. The molecule has 0 unspecified atom stereocenters. The lowest BCUT2D eigenvalue weighted by Crippen LogP contribution is -2.14. The Morgan fingerprint density at radius 2 is 1.69 bits per heavy atom. The zero-order chi connectivity index (χ0) is 22.7. The van der Waals surface area contributed by atoms with Gasteiger partial charge in [-0.2, -0.15) is 0 Å². The van der Waals surface area contributed by atoms with Crippen molar-refractivity contribution in [1.82, 2.24) is 0 Å². The minimum atomic E-state index is -3.74. The first-order valence-corrected chi connectivity index (χ1v) is 11.8. The maximum atomic E-state index is 12.6. The number of phenolic OH excluding ortho intramolecular Hbond substituents is 1. The number of aromatic hydroxyl groups is 1. The summed E-state index contributed by atoms with van der Waals surface area (Å²) in [6.45, 7) is 0.402. The van der Waals surface area contributed by atoms with Crippen molar-refractivity contribution in [2.24, 2.45) is 5.14 Å². The second kappa shape index (κ2) is 9.02. The Morgan fingerprint density at radius 1 is 0.938 bits per heavy atom. The highest BCUT2D eigenvalue weighted by Crippen LogP contribution is 2.30. The summed E-state index contributed by atoms with van der Waals surface area (Å²) >= 11 is 0. The van der Waals surface area contributed by atoms with Crippen LogP contribution in [0.4, 0.5) is 0 Å². The molecule has 0 aliphatic carbocycles. The zero-order valence-electron chi connectivity index (χ0n) is 17.3. The highest BCUT2D eigenvalue weighted by Gasteiger charge is 2.14. The molecular formula is C24H23NO6S. The Morgan fingerprint density at radius 3 is 2.50 bits per heavy atom. The first-order valence-electron chi connectivity index (χ1n) is 10.3. The van der Waals surface area contributed by atoms with Crippen LogP contribution in [0.25, 0.3) is 21.9 Å². The number of benzene rings is 3. The van der Waals surface area contributed by atoms with Crippen molar-refractivity contribution in [2.45, 2.75) is 30.6 Å². The molecule has 0 amide bonds. The predicted molar refractivity (Wildman–Crippen MR) is 123 cm³/mol. The molecule has 1 heterocycles. The van der Waals surface area contributed by atoms with Crippen molar-refractivity contribution in [3.8, 4) is 11.5 Å². The number of unbranched alkanes of at least 4 members (excludes halogenated alkanes) is 2. The third-order valence-electron chi connectivity index (χ3n) is 5.27. The fourth-order valence-corrected chi connectivity index (χ4v) is 4.54. The third-order valence-corrected chi connectivity index (χ3v) is 6.28. The van der Waals surface area contributed by atoms with Gasteiger partial charge in [0.15, 0.2) is 0 Å². The van der Waals surface area contributed by atoms with Gasteiger partial charge in [0.1, 0.15) is 28.1 Å². The van der Waals surface area contributed by atoms with E-state index in [0.29, 0.717) is 35.3 Å². The predicted octanol–water partition coefficient (Wildman–Crippen LogP) is 4.09. The van der Waals surface area contributed by atoms with Crippen molar-refractivity contribution in [1.29, 1.82) is 0 Å². The number of primary sulfonamides is 1. The number of hydrogen-bond donors (Lipinski definition) is 2. The number of aryl methyl sites for hydroxylation is 1. The van der Waals surface area contributed by atoms with E-state index in [-0.39, 0.29) is 27.0 Å². The average molecular weight is 454 g/mol. The van der Waals surface area contributed by atoms with Crippen molar-refractivity contribution in [3.05, 3.63) is 76.5 Å². The quantitative estimate of drug-likeness (QED) is 0.306. The lowest BCUT2D eigenvalue weighted by atomic mass is 10.1. The normalized spacial score (nSPS) is 11.8. The standard InChI is InChI=1S/C24H23NO6S/c25-32(28,29)22-12-6-3-9-16(22)8-2-1-7-13-30-17-14-19(26)23-21(15-17)31-20-11-5-4-10-18(20)24(23)27/h3-6,9-12,14-15,26H,1-2,7-8,13H2,(H2,25,28,29). The van der Waals surface area contributed by atoms with Crippen LogP contribution < -0.4 is 15.3 Å². The van der Waals surface area contributed by atoms with Crippen molar-refractivity contribution in [3.63, 3.8) is 0 Å². The fourth-order valence-electron chi connectivity index (χ4n) is 3.74. The van der Waals surface area contributed by atoms with Crippen molar-refractivity contribution >= 4 is 32.0 Å². The Bertz CT molecular complexity index is 1440.